The van der Waals surface area contributed by atoms with Crippen LogP contribution in [0.2, 0.25) is 0 Å². The average Bonchev–Trinajstić information content (AvgIpc) is 2.93. The number of carbonyl (C=O) groups is 1. The van der Waals surface area contributed by atoms with E-state index in [0.29, 0.717) is 43.2 Å². The van der Waals surface area contributed by atoms with Gasteiger partial charge in [-0.2, -0.15) is 0 Å². The predicted octanol–water partition coefficient (Wildman–Crippen LogP) is 1.43. The maximum absolute atomic E-state index is 12.9. The van der Waals surface area contributed by atoms with Gasteiger partial charge in [-0.05, 0) is 43.4 Å². The number of rotatable bonds is 3. The third-order valence-corrected chi connectivity index (χ3v) is 6.86. The van der Waals surface area contributed by atoms with Crippen LogP contribution in [0.3, 0.4) is 0 Å². The van der Waals surface area contributed by atoms with Crippen molar-refractivity contribution in [3.63, 3.8) is 0 Å². The summed E-state index contributed by atoms with van der Waals surface area (Å²) in [5.41, 5.74) is 6.96. The van der Waals surface area contributed by atoms with E-state index in [1.165, 1.54) is 4.31 Å². The molecule has 2 unspecified atom stereocenters. The van der Waals surface area contributed by atoms with Crippen LogP contribution in [-0.2, 0) is 10.0 Å². The topological polar surface area (TPSA) is 83.7 Å². The molecule has 2 N–H and O–H groups in total. The number of anilines is 1. The maximum Gasteiger partial charge on any atom is 0.254 e. The summed E-state index contributed by atoms with van der Waals surface area (Å²) in [7, 11) is -3.24. The first-order valence-corrected chi connectivity index (χ1v) is 10.1. The standard InChI is InChI=1S/C17H25N3O3S/c1-13-6-8-19(16(10-13)12-18)17(21)14-4-2-5-15(11-14)20-7-3-9-24(20,22)23/h2,4-5,11,13,16H,3,6-10,12,18H2,1H3. The summed E-state index contributed by atoms with van der Waals surface area (Å²) in [6.07, 6.45) is 2.52. The molecule has 7 heteroatoms. The number of hydrogen-bond donors (Lipinski definition) is 1. The Labute approximate surface area is 143 Å². The van der Waals surface area contributed by atoms with E-state index in [2.05, 4.69) is 6.92 Å². The molecule has 2 heterocycles. The summed E-state index contributed by atoms with van der Waals surface area (Å²) in [6, 6.07) is 7.00. The lowest BCUT2D eigenvalue weighted by molar-refractivity contribution is 0.0573. The minimum Gasteiger partial charge on any atom is -0.334 e. The minimum atomic E-state index is -3.24. The predicted molar refractivity (Wildman–Crippen MR) is 94.5 cm³/mol. The molecule has 2 aliphatic heterocycles. The van der Waals surface area contributed by atoms with Gasteiger partial charge in [-0.3, -0.25) is 9.10 Å². The van der Waals surface area contributed by atoms with E-state index in [4.69, 9.17) is 5.73 Å². The number of nitrogens with zero attached hydrogens (tertiary/aromatic N) is 2. The van der Waals surface area contributed by atoms with Crippen LogP contribution >= 0.6 is 0 Å². The quantitative estimate of drug-likeness (QED) is 0.893. The number of piperidine rings is 1. The molecule has 2 saturated heterocycles. The lowest BCUT2D eigenvalue weighted by Crippen LogP contribution is -2.49. The van der Waals surface area contributed by atoms with Crippen molar-refractivity contribution in [2.75, 3.05) is 29.7 Å². The van der Waals surface area contributed by atoms with Gasteiger partial charge in [0.05, 0.1) is 11.4 Å². The Kier molecular flexibility index (Phi) is 4.83. The van der Waals surface area contributed by atoms with E-state index >= 15 is 0 Å². The fourth-order valence-corrected chi connectivity index (χ4v) is 5.19. The molecule has 1 aromatic carbocycles. The number of nitrogens with two attached hydrogens (primary N) is 1. The van der Waals surface area contributed by atoms with Crippen molar-refractivity contribution in [3.05, 3.63) is 29.8 Å². The van der Waals surface area contributed by atoms with Crippen LogP contribution in [0.1, 0.15) is 36.5 Å². The van der Waals surface area contributed by atoms with E-state index in [-0.39, 0.29) is 17.7 Å². The van der Waals surface area contributed by atoms with E-state index in [0.717, 1.165) is 12.8 Å². The summed E-state index contributed by atoms with van der Waals surface area (Å²) in [4.78, 5) is 14.8. The number of amides is 1. The van der Waals surface area contributed by atoms with Gasteiger partial charge in [0.15, 0.2) is 0 Å². The molecular formula is C17H25N3O3S. The lowest BCUT2D eigenvalue weighted by atomic mass is 9.92. The van der Waals surface area contributed by atoms with E-state index in [1.807, 2.05) is 4.90 Å². The van der Waals surface area contributed by atoms with Gasteiger partial charge < -0.3 is 10.6 Å². The molecule has 0 aliphatic carbocycles. The Hall–Kier alpha value is -1.60. The fraction of sp³-hybridized carbons (Fsp3) is 0.588. The van der Waals surface area contributed by atoms with Gasteiger partial charge in [0.2, 0.25) is 10.0 Å². The van der Waals surface area contributed by atoms with Crippen LogP contribution in [0.4, 0.5) is 5.69 Å². The molecule has 2 atom stereocenters. The first kappa shape index (κ1) is 17.2. The molecule has 2 fully saturated rings. The Bertz CT molecular complexity index is 720. The highest BCUT2D eigenvalue weighted by molar-refractivity contribution is 7.93. The van der Waals surface area contributed by atoms with Crippen molar-refractivity contribution in [1.82, 2.24) is 4.90 Å². The van der Waals surface area contributed by atoms with Gasteiger partial charge >= 0.3 is 0 Å². The number of sulfonamides is 1. The molecule has 132 valence electrons. The van der Waals surface area contributed by atoms with Crippen LogP contribution in [0.25, 0.3) is 0 Å². The summed E-state index contributed by atoms with van der Waals surface area (Å²) >= 11 is 0. The number of benzene rings is 1. The van der Waals surface area contributed by atoms with Crippen molar-refractivity contribution < 1.29 is 13.2 Å². The molecule has 0 saturated carbocycles. The van der Waals surface area contributed by atoms with Crippen molar-refractivity contribution in [2.45, 2.75) is 32.2 Å². The number of hydrogen-bond acceptors (Lipinski definition) is 4. The SMILES string of the molecule is CC1CCN(C(=O)c2cccc(N3CCCS3(=O)=O)c2)C(CN)C1. The van der Waals surface area contributed by atoms with Crippen LogP contribution < -0.4 is 10.0 Å². The summed E-state index contributed by atoms with van der Waals surface area (Å²) < 4.78 is 25.6. The third kappa shape index (κ3) is 3.28. The highest BCUT2D eigenvalue weighted by atomic mass is 32.2. The highest BCUT2D eigenvalue weighted by Crippen LogP contribution is 2.27. The molecule has 1 amide bonds. The van der Waals surface area contributed by atoms with Gasteiger partial charge in [0.25, 0.3) is 5.91 Å². The molecule has 1 aromatic rings. The zero-order valence-corrected chi connectivity index (χ0v) is 14.8. The van der Waals surface area contributed by atoms with E-state index in [9.17, 15) is 13.2 Å². The monoisotopic (exact) mass is 351 g/mol. The molecular weight excluding hydrogens is 326 g/mol. The van der Waals surface area contributed by atoms with Crippen molar-refractivity contribution in [1.29, 1.82) is 0 Å². The highest BCUT2D eigenvalue weighted by Gasteiger charge is 2.31. The Balaban J connectivity index is 1.84. The minimum absolute atomic E-state index is 0.0559. The van der Waals surface area contributed by atoms with E-state index < -0.39 is 10.0 Å². The smallest absolute Gasteiger partial charge is 0.254 e. The molecule has 0 spiro atoms. The largest absolute Gasteiger partial charge is 0.334 e. The Morgan fingerprint density at radius 2 is 2.12 bits per heavy atom. The number of carbonyl (C=O) groups excluding carboxylic acids is 1. The van der Waals surface area contributed by atoms with Crippen LogP contribution in [0.15, 0.2) is 24.3 Å². The van der Waals surface area contributed by atoms with Crippen molar-refractivity contribution in [3.8, 4) is 0 Å². The second-order valence-electron chi connectivity index (χ2n) is 6.81. The van der Waals surface area contributed by atoms with Crippen LogP contribution in [-0.4, -0.2) is 50.7 Å². The lowest BCUT2D eigenvalue weighted by Gasteiger charge is -2.38. The molecule has 3 rings (SSSR count). The molecule has 2 aliphatic rings. The molecule has 0 aromatic heterocycles. The fourth-order valence-electron chi connectivity index (χ4n) is 3.63. The first-order chi connectivity index (χ1) is 11.4. The Morgan fingerprint density at radius 1 is 1.33 bits per heavy atom. The second-order valence-corrected chi connectivity index (χ2v) is 8.82. The summed E-state index contributed by atoms with van der Waals surface area (Å²) in [5.74, 6) is 0.684. The van der Waals surface area contributed by atoms with Gasteiger partial charge in [-0.15, -0.1) is 0 Å². The zero-order chi connectivity index (χ0) is 17.3. The van der Waals surface area contributed by atoms with Crippen molar-refractivity contribution in [2.24, 2.45) is 11.7 Å². The summed E-state index contributed by atoms with van der Waals surface area (Å²) in [6.45, 7) is 3.82. The second kappa shape index (κ2) is 6.72. The molecule has 0 bridgehead atoms. The maximum atomic E-state index is 12.9. The van der Waals surface area contributed by atoms with Gasteiger partial charge in [0, 0.05) is 31.2 Å². The number of likely N-dealkylation sites (tertiary alicyclic amines) is 1. The molecule has 6 nitrogen and oxygen atoms in total. The summed E-state index contributed by atoms with van der Waals surface area (Å²) in [5, 5.41) is 0. The Morgan fingerprint density at radius 3 is 2.79 bits per heavy atom. The van der Waals surface area contributed by atoms with Gasteiger partial charge in [-0.1, -0.05) is 13.0 Å². The molecule has 0 radical (unpaired) electrons. The van der Waals surface area contributed by atoms with Gasteiger partial charge in [0.1, 0.15) is 0 Å². The molecule has 24 heavy (non-hydrogen) atoms. The average molecular weight is 351 g/mol. The zero-order valence-electron chi connectivity index (χ0n) is 14.0. The van der Waals surface area contributed by atoms with Gasteiger partial charge in [-0.25, -0.2) is 8.42 Å². The van der Waals surface area contributed by atoms with Crippen molar-refractivity contribution >= 4 is 21.6 Å². The van der Waals surface area contributed by atoms with Crippen LogP contribution in [0, 0.1) is 5.92 Å². The van der Waals surface area contributed by atoms with E-state index in [1.54, 1.807) is 24.3 Å². The normalized spacial score (nSPS) is 26.6. The van der Waals surface area contributed by atoms with Crippen LogP contribution in [0.5, 0.6) is 0 Å². The first-order valence-electron chi connectivity index (χ1n) is 8.54. The third-order valence-electron chi connectivity index (χ3n) is 4.99.